The molecular weight excluding hydrogens is 282 g/mol. The van der Waals surface area contributed by atoms with E-state index in [0.29, 0.717) is 19.6 Å². The highest BCUT2D eigenvalue weighted by Gasteiger charge is 2.01. The second kappa shape index (κ2) is 10.1. The van der Waals surface area contributed by atoms with E-state index in [0.717, 1.165) is 23.6 Å². The van der Waals surface area contributed by atoms with E-state index in [1.807, 2.05) is 24.3 Å². The Morgan fingerprint density at radius 2 is 2.05 bits per heavy atom. The zero-order valence-corrected chi connectivity index (χ0v) is 12.7. The van der Waals surface area contributed by atoms with Gasteiger partial charge in [-0.1, -0.05) is 11.6 Å². The lowest BCUT2D eigenvalue weighted by Crippen LogP contribution is -2.24. The predicted octanol–water partition coefficient (Wildman–Crippen LogP) is 3.37. The number of hydrogen-bond acceptors (Lipinski definition) is 3. The summed E-state index contributed by atoms with van der Waals surface area (Å²) in [4.78, 5) is 12.7. The molecule has 0 bridgehead atoms. The standard InChI is InChI=1S/C14H20ClNO2S/c1-18-10-3-9-16-14(17)4-2-11-19-13-7-5-12(15)6-8-13/h5-8H,2-4,9-11H2,1H3,(H,16,17). The summed E-state index contributed by atoms with van der Waals surface area (Å²) in [6, 6.07) is 7.76. The van der Waals surface area contributed by atoms with Gasteiger partial charge in [0.2, 0.25) is 5.91 Å². The van der Waals surface area contributed by atoms with Crippen LogP contribution < -0.4 is 5.32 Å². The molecule has 0 saturated heterocycles. The Kier molecular flexibility index (Phi) is 8.71. The third-order valence-corrected chi connectivity index (χ3v) is 3.83. The molecule has 106 valence electrons. The fraction of sp³-hybridized carbons (Fsp3) is 0.500. The number of benzene rings is 1. The van der Waals surface area contributed by atoms with Crippen molar-refractivity contribution in [3.05, 3.63) is 29.3 Å². The molecule has 0 unspecified atom stereocenters. The van der Waals surface area contributed by atoms with Crippen molar-refractivity contribution in [1.82, 2.24) is 5.32 Å². The summed E-state index contributed by atoms with van der Waals surface area (Å²) in [5, 5.41) is 3.63. The summed E-state index contributed by atoms with van der Waals surface area (Å²) < 4.78 is 4.92. The second-order valence-electron chi connectivity index (χ2n) is 4.10. The van der Waals surface area contributed by atoms with Crippen molar-refractivity contribution in [2.75, 3.05) is 26.0 Å². The highest BCUT2D eigenvalue weighted by molar-refractivity contribution is 7.99. The van der Waals surface area contributed by atoms with Crippen LogP contribution in [-0.2, 0) is 9.53 Å². The van der Waals surface area contributed by atoms with Crippen LogP contribution in [-0.4, -0.2) is 31.9 Å². The number of thioether (sulfide) groups is 1. The third-order valence-electron chi connectivity index (χ3n) is 2.48. The maximum absolute atomic E-state index is 11.5. The molecule has 3 nitrogen and oxygen atoms in total. The Morgan fingerprint density at radius 1 is 1.32 bits per heavy atom. The molecule has 0 heterocycles. The van der Waals surface area contributed by atoms with E-state index in [1.165, 1.54) is 4.90 Å². The molecule has 1 N–H and O–H groups in total. The third kappa shape index (κ3) is 8.14. The van der Waals surface area contributed by atoms with Crippen LogP contribution in [0.3, 0.4) is 0 Å². The van der Waals surface area contributed by atoms with Crippen molar-refractivity contribution in [3.63, 3.8) is 0 Å². The summed E-state index contributed by atoms with van der Waals surface area (Å²) in [6.07, 6.45) is 2.32. The molecule has 0 aliphatic rings. The van der Waals surface area contributed by atoms with Crippen LogP contribution in [0.4, 0.5) is 0 Å². The van der Waals surface area contributed by atoms with Gasteiger partial charge in [0.15, 0.2) is 0 Å². The van der Waals surface area contributed by atoms with Crippen LogP contribution >= 0.6 is 23.4 Å². The highest BCUT2D eigenvalue weighted by Crippen LogP contribution is 2.21. The van der Waals surface area contributed by atoms with Crippen molar-refractivity contribution >= 4 is 29.3 Å². The van der Waals surface area contributed by atoms with Gasteiger partial charge in [-0.25, -0.2) is 0 Å². The molecule has 0 aliphatic carbocycles. The molecule has 0 aromatic heterocycles. The molecule has 1 amide bonds. The van der Waals surface area contributed by atoms with E-state index in [-0.39, 0.29) is 5.91 Å². The lowest BCUT2D eigenvalue weighted by atomic mass is 10.3. The maximum Gasteiger partial charge on any atom is 0.220 e. The van der Waals surface area contributed by atoms with Gasteiger partial charge in [0.1, 0.15) is 0 Å². The first kappa shape index (κ1) is 16.3. The van der Waals surface area contributed by atoms with Crippen LogP contribution in [0, 0.1) is 0 Å². The van der Waals surface area contributed by atoms with E-state index in [4.69, 9.17) is 16.3 Å². The van der Waals surface area contributed by atoms with Gasteiger partial charge in [-0.05, 0) is 42.9 Å². The van der Waals surface area contributed by atoms with Crippen LogP contribution in [0.1, 0.15) is 19.3 Å². The van der Waals surface area contributed by atoms with Gasteiger partial charge >= 0.3 is 0 Å². The van der Waals surface area contributed by atoms with Crippen molar-refractivity contribution in [1.29, 1.82) is 0 Å². The minimum absolute atomic E-state index is 0.118. The molecular formula is C14H20ClNO2S. The van der Waals surface area contributed by atoms with Crippen molar-refractivity contribution in [3.8, 4) is 0 Å². The SMILES string of the molecule is COCCCNC(=O)CCCSc1ccc(Cl)cc1. The number of amides is 1. The van der Waals surface area contributed by atoms with Crippen LogP contribution in [0.2, 0.25) is 5.02 Å². The molecule has 0 radical (unpaired) electrons. The average Bonchev–Trinajstić information content (AvgIpc) is 2.42. The Hall–Kier alpha value is -0.710. The average molecular weight is 302 g/mol. The normalized spacial score (nSPS) is 10.4. The summed E-state index contributed by atoms with van der Waals surface area (Å²) >= 11 is 7.56. The summed E-state index contributed by atoms with van der Waals surface area (Å²) in [5.74, 6) is 1.06. The number of nitrogens with one attached hydrogen (secondary N) is 1. The Bertz CT molecular complexity index is 370. The van der Waals surface area contributed by atoms with Gasteiger partial charge in [-0.15, -0.1) is 11.8 Å². The second-order valence-corrected chi connectivity index (χ2v) is 5.71. The summed E-state index contributed by atoms with van der Waals surface area (Å²) in [7, 11) is 1.66. The van der Waals surface area contributed by atoms with E-state index >= 15 is 0 Å². The first-order valence-corrected chi connectivity index (χ1v) is 7.72. The fourth-order valence-electron chi connectivity index (χ4n) is 1.49. The largest absolute Gasteiger partial charge is 0.385 e. The monoisotopic (exact) mass is 301 g/mol. The Labute approximate surface area is 124 Å². The van der Waals surface area contributed by atoms with E-state index in [1.54, 1.807) is 18.9 Å². The Balaban J connectivity index is 2.03. The Morgan fingerprint density at radius 3 is 2.74 bits per heavy atom. The van der Waals surface area contributed by atoms with E-state index in [2.05, 4.69) is 5.32 Å². The van der Waals surface area contributed by atoms with Crippen LogP contribution in [0.15, 0.2) is 29.2 Å². The number of hydrogen-bond donors (Lipinski definition) is 1. The van der Waals surface area contributed by atoms with E-state index in [9.17, 15) is 4.79 Å². The molecule has 1 aromatic rings. The zero-order valence-electron chi connectivity index (χ0n) is 11.2. The van der Waals surface area contributed by atoms with Gasteiger partial charge < -0.3 is 10.1 Å². The van der Waals surface area contributed by atoms with E-state index < -0.39 is 0 Å². The van der Waals surface area contributed by atoms with Crippen LogP contribution in [0.5, 0.6) is 0 Å². The van der Waals surface area contributed by atoms with Gasteiger partial charge in [-0.3, -0.25) is 4.79 Å². The minimum atomic E-state index is 0.118. The molecule has 0 saturated carbocycles. The zero-order chi connectivity index (χ0) is 13.9. The lowest BCUT2D eigenvalue weighted by Gasteiger charge is -2.05. The predicted molar refractivity (Wildman–Crippen MR) is 80.9 cm³/mol. The molecule has 1 rings (SSSR count). The van der Waals surface area contributed by atoms with Crippen molar-refractivity contribution < 1.29 is 9.53 Å². The topological polar surface area (TPSA) is 38.3 Å². The number of ether oxygens (including phenoxy) is 1. The fourth-order valence-corrected chi connectivity index (χ4v) is 2.47. The molecule has 0 spiro atoms. The number of carbonyl (C=O) groups is 1. The molecule has 5 heteroatoms. The van der Waals surface area contributed by atoms with Gasteiger partial charge in [-0.2, -0.15) is 0 Å². The number of carbonyl (C=O) groups excluding carboxylic acids is 1. The van der Waals surface area contributed by atoms with Crippen LogP contribution in [0.25, 0.3) is 0 Å². The molecule has 0 fully saturated rings. The molecule has 0 atom stereocenters. The smallest absolute Gasteiger partial charge is 0.220 e. The molecule has 0 aliphatic heterocycles. The minimum Gasteiger partial charge on any atom is -0.385 e. The van der Waals surface area contributed by atoms with Gasteiger partial charge in [0.25, 0.3) is 0 Å². The van der Waals surface area contributed by atoms with Gasteiger partial charge in [0.05, 0.1) is 0 Å². The van der Waals surface area contributed by atoms with Crippen molar-refractivity contribution in [2.45, 2.75) is 24.2 Å². The lowest BCUT2D eigenvalue weighted by molar-refractivity contribution is -0.121. The maximum atomic E-state index is 11.5. The van der Waals surface area contributed by atoms with Crippen molar-refractivity contribution in [2.24, 2.45) is 0 Å². The first-order valence-electron chi connectivity index (χ1n) is 6.36. The summed E-state index contributed by atoms with van der Waals surface area (Å²) in [6.45, 7) is 1.38. The molecule has 1 aromatic carbocycles. The first-order chi connectivity index (χ1) is 9.22. The quantitative estimate of drug-likeness (QED) is 0.561. The highest BCUT2D eigenvalue weighted by atomic mass is 35.5. The number of methoxy groups -OCH3 is 1. The van der Waals surface area contributed by atoms with Gasteiger partial charge in [0, 0.05) is 36.6 Å². The number of rotatable bonds is 9. The summed E-state index contributed by atoms with van der Waals surface area (Å²) in [5.41, 5.74) is 0. The number of halogens is 1. The molecule has 19 heavy (non-hydrogen) atoms.